The Balaban J connectivity index is 2.07. The third-order valence-corrected chi connectivity index (χ3v) is 5.33. The highest BCUT2D eigenvalue weighted by Crippen LogP contribution is 2.60. The second-order valence-electron chi connectivity index (χ2n) is 8.08. The van der Waals surface area contributed by atoms with E-state index in [0.717, 1.165) is 0 Å². The summed E-state index contributed by atoms with van der Waals surface area (Å²) in [6, 6.07) is 6.14. The van der Waals surface area contributed by atoms with Crippen molar-refractivity contribution in [1.29, 1.82) is 0 Å². The fourth-order valence-electron chi connectivity index (χ4n) is 3.15. The number of halogens is 13. The highest BCUT2D eigenvalue weighted by molar-refractivity contribution is 5.29. The van der Waals surface area contributed by atoms with Gasteiger partial charge in [-0.1, -0.05) is 24.8 Å². The van der Waals surface area contributed by atoms with E-state index in [2.05, 4.69) is 6.58 Å². The van der Waals surface area contributed by atoms with Crippen LogP contribution in [0.25, 0.3) is 0 Å². The summed E-state index contributed by atoms with van der Waals surface area (Å²) >= 11 is 0. The number of ether oxygens (including phenoxy) is 3. The first-order chi connectivity index (χ1) is 16.7. The third-order valence-electron chi connectivity index (χ3n) is 5.33. The van der Waals surface area contributed by atoms with Crippen LogP contribution in [0.3, 0.4) is 0 Å². The van der Waals surface area contributed by atoms with Gasteiger partial charge in [0.05, 0.1) is 13.2 Å². The van der Waals surface area contributed by atoms with E-state index in [0.29, 0.717) is 11.3 Å². The minimum Gasteiger partial charge on any atom is -0.490 e. The fraction of sp³-hybridized carbons (Fsp3) is 0.619. The van der Waals surface area contributed by atoms with E-state index in [1.807, 2.05) is 0 Å². The van der Waals surface area contributed by atoms with Gasteiger partial charge in [0.25, 0.3) is 0 Å². The van der Waals surface area contributed by atoms with Crippen molar-refractivity contribution in [3.05, 3.63) is 42.5 Å². The molecule has 1 saturated heterocycles. The Hall–Kier alpha value is -2.23. The molecule has 0 saturated carbocycles. The highest BCUT2D eigenvalue weighted by atomic mass is 19.4. The van der Waals surface area contributed by atoms with Crippen molar-refractivity contribution in [1.82, 2.24) is 0 Å². The summed E-state index contributed by atoms with van der Waals surface area (Å²) in [7, 11) is 0. The van der Waals surface area contributed by atoms with Gasteiger partial charge in [-0.05, 0) is 18.6 Å². The number of hydrogen-bond acceptors (Lipinski definition) is 3. The van der Waals surface area contributed by atoms with Gasteiger partial charge in [0.1, 0.15) is 12.4 Å². The Bertz CT molecular complexity index is 923. The van der Waals surface area contributed by atoms with Crippen molar-refractivity contribution in [3.63, 3.8) is 0 Å². The summed E-state index contributed by atoms with van der Waals surface area (Å²) in [4.78, 5) is 0. The van der Waals surface area contributed by atoms with E-state index in [1.165, 1.54) is 18.2 Å². The van der Waals surface area contributed by atoms with Crippen LogP contribution >= 0.6 is 0 Å². The maximum absolute atomic E-state index is 14.0. The van der Waals surface area contributed by atoms with Crippen molar-refractivity contribution >= 4 is 0 Å². The molecular formula is C21H19F13O3. The van der Waals surface area contributed by atoms with Gasteiger partial charge < -0.3 is 14.2 Å². The summed E-state index contributed by atoms with van der Waals surface area (Å²) in [6.45, 7) is 2.71. The summed E-state index contributed by atoms with van der Waals surface area (Å²) in [6.07, 6.45) is -10.4. The zero-order chi connectivity index (χ0) is 28.5. The first-order valence-electron chi connectivity index (χ1n) is 10.3. The van der Waals surface area contributed by atoms with Gasteiger partial charge >= 0.3 is 35.8 Å². The van der Waals surface area contributed by atoms with Crippen LogP contribution in [0.5, 0.6) is 5.75 Å². The van der Waals surface area contributed by atoms with Crippen molar-refractivity contribution in [2.75, 3.05) is 19.8 Å². The Morgan fingerprint density at radius 3 is 1.86 bits per heavy atom. The Kier molecular flexibility index (Phi) is 8.79. The number of alkyl halides is 13. The molecule has 0 spiro atoms. The summed E-state index contributed by atoms with van der Waals surface area (Å²) in [5, 5.41) is 0. The molecule has 0 amide bonds. The molecule has 1 heterocycles. The smallest absolute Gasteiger partial charge is 0.460 e. The fourth-order valence-corrected chi connectivity index (χ4v) is 3.15. The first-order valence-corrected chi connectivity index (χ1v) is 10.3. The van der Waals surface area contributed by atoms with Crippen molar-refractivity contribution in [2.24, 2.45) is 5.92 Å². The van der Waals surface area contributed by atoms with Crippen LogP contribution in [0, 0.1) is 5.92 Å². The van der Waals surface area contributed by atoms with E-state index in [4.69, 9.17) is 14.2 Å². The Labute approximate surface area is 201 Å². The maximum atomic E-state index is 14.0. The Morgan fingerprint density at radius 1 is 0.811 bits per heavy atom. The van der Waals surface area contributed by atoms with Crippen LogP contribution < -0.4 is 4.74 Å². The molecule has 0 bridgehead atoms. The zero-order valence-electron chi connectivity index (χ0n) is 18.4. The van der Waals surface area contributed by atoms with Gasteiger partial charge in [-0.3, -0.25) is 0 Å². The summed E-state index contributed by atoms with van der Waals surface area (Å²) in [5.41, 5.74) is 0.393. The van der Waals surface area contributed by atoms with Crippen LogP contribution in [0.1, 0.15) is 24.7 Å². The van der Waals surface area contributed by atoms with Crippen molar-refractivity contribution in [2.45, 2.75) is 54.9 Å². The highest BCUT2D eigenvalue weighted by Gasteiger charge is 2.90. The minimum absolute atomic E-state index is 0.162. The number of benzene rings is 1. The number of hydrogen-bond donors (Lipinski definition) is 0. The largest absolute Gasteiger partial charge is 0.490 e. The second-order valence-corrected chi connectivity index (χ2v) is 8.08. The Morgan fingerprint density at radius 2 is 1.35 bits per heavy atom. The van der Waals surface area contributed by atoms with Gasteiger partial charge in [-0.25, -0.2) is 0 Å². The molecule has 0 unspecified atom stereocenters. The summed E-state index contributed by atoms with van der Waals surface area (Å²) < 4.78 is 187. The standard InChI is InChI=1S/C21H19F13O3/c1-2-8-35-14-5-3-4-13(9-14)15-36-10-12(11-37-15)6-7-16(22,23)17(24,25)18(26,27)19(28,29)20(30,31)21(32,33)34/h2-5,9,12,15H,1,6-8,10-11H2. The molecule has 0 aliphatic carbocycles. The molecule has 2 rings (SSSR count). The van der Waals surface area contributed by atoms with Crippen LogP contribution in [0.15, 0.2) is 36.9 Å². The van der Waals surface area contributed by atoms with Gasteiger partial charge in [-0.15, -0.1) is 0 Å². The third kappa shape index (κ3) is 5.78. The average Bonchev–Trinajstić information content (AvgIpc) is 2.80. The molecule has 1 aliphatic rings. The van der Waals surface area contributed by atoms with Crippen molar-refractivity contribution in [3.8, 4) is 5.75 Å². The van der Waals surface area contributed by atoms with Gasteiger partial charge in [-0.2, -0.15) is 57.1 Å². The lowest BCUT2D eigenvalue weighted by Crippen LogP contribution is -2.70. The quantitative estimate of drug-likeness (QED) is 0.206. The molecule has 212 valence electrons. The van der Waals surface area contributed by atoms with Crippen LogP contribution in [0.2, 0.25) is 0 Å². The van der Waals surface area contributed by atoms with E-state index in [9.17, 15) is 57.1 Å². The maximum Gasteiger partial charge on any atom is 0.460 e. The first kappa shape index (κ1) is 31.0. The molecular weight excluding hydrogens is 547 g/mol. The predicted molar refractivity (Wildman–Crippen MR) is 100 cm³/mol. The molecule has 3 nitrogen and oxygen atoms in total. The van der Waals surface area contributed by atoms with Crippen LogP contribution in [-0.4, -0.2) is 55.6 Å². The van der Waals surface area contributed by atoms with Gasteiger partial charge in [0.2, 0.25) is 0 Å². The van der Waals surface area contributed by atoms with E-state index < -0.39 is 74.1 Å². The lowest BCUT2D eigenvalue weighted by molar-refractivity contribution is -0.440. The lowest BCUT2D eigenvalue weighted by atomic mass is 9.90. The van der Waals surface area contributed by atoms with Crippen molar-refractivity contribution < 1.29 is 71.3 Å². The van der Waals surface area contributed by atoms with Gasteiger partial charge in [0.15, 0.2) is 6.29 Å². The summed E-state index contributed by atoms with van der Waals surface area (Å²) in [5.74, 6) is -37.6. The average molecular weight is 566 g/mol. The van der Waals surface area contributed by atoms with Crippen LogP contribution in [0.4, 0.5) is 57.1 Å². The lowest BCUT2D eigenvalue weighted by Gasteiger charge is -2.40. The topological polar surface area (TPSA) is 27.7 Å². The normalized spacial score (nSPS) is 20.6. The predicted octanol–water partition coefficient (Wildman–Crippen LogP) is 7.43. The molecule has 0 aromatic heterocycles. The van der Waals surface area contributed by atoms with Crippen LogP contribution in [-0.2, 0) is 9.47 Å². The molecule has 0 N–H and O–H groups in total. The molecule has 16 heteroatoms. The molecule has 1 aromatic rings. The SMILES string of the molecule is C=CCOc1cccc(C2OCC(CCC(F)(F)C(F)(F)C(F)(F)C(F)(F)C(F)(F)C(F)(F)F)CO2)c1. The molecule has 1 aliphatic heterocycles. The molecule has 1 fully saturated rings. The minimum atomic E-state index is -7.90. The zero-order valence-corrected chi connectivity index (χ0v) is 18.4. The molecule has 37 heavy (non-hydrogen) atoms. The van der Waals surface area contributed by atoms with E-state index in [1.54, 1.807) is 12.1 Å². The second kappa shape index (κ2) is 10.5. The number of rotatable bonds is 11. The molecule has 0 atom stereocenters. The monoisotopic (exact) mass is 566 g/mol. The van der Waals surface area contributed by atoms with E-state index >= 15 is 0 Å². The van der Waals surface area contributed by atoms with Gasteiger partial charge in [0, 0.05) is 17.9 Å². The van der Waals surface area contributed by atoms with E-state index in [-0.39, 0.29) is 6.61 Å². The molecule has 1 aromatic carbocycles. The molecule has 0 radical (unpaired) electrons.